The maximum Gasteiger partial charge on any atom is 0.323 e. The van der Waals surface area contributed by atoms with Crippen molar-refractivity contribution in [2.75, 3.05) is 37.2 Å². The highest BCUT2D eigenvalue weighted by Crippen LogP contribution is 2.05. The van der Waals surface area contributed by atoms with Gasteiger partial charge in [0.15, 0.2) is 0 Å². The van der Waals surface area contributed by atoms with Crippen LogP contribution in [-0.4, -0.2) is 57.6 Å². The topological polar surface area (TPSA) is 72.5 Å². The van der Waals surface area contributed by atoms with Gasteiger partial charge in [0.1, 0.15) is 15.9 Å². The molecule has 0 aliphatic carbocycles. The summed E-state index contributed by atoms with van der Waals surface area (Å²) >= 11 is 1.44. The van der Waals surface area contributed by atoms with Gasteiger partial charge in [0.05, 0.1) is 12.9 Å². The number of nitrogens with one attached hydrogen (secondary N) is 1. The number of hydrogen-bond acceptors (Lipinski definition) is 6. The minimum Gasteiger partial charge on any atom is -0.468 e. The molecule has 0 saturated carbocycles. The Morgan fingerprint density at radius 1 is 1.47 bits per heavy atom. The molecule has 0 saturated heterocycles. The lowest BCUT2D eigenvalue weighted by Gasteiger charge is -2.15. The van der Waals surface area contributed by atoms with Crippen molar-refractivity contribution in [3.05, 3.63) is 0 Å². The first-order chi connectivity index (χ1) is 7.90. The summed E-state index contributed by atoms with van der Waals surface area (Å²) in [4.78, 5) is 11.4. The molecule has 7 heteroatoms. The number of rotatable bonds is 9. The standard InChI is InChI=1S/C10H21NO4S2/c1-4-5-11-9(10(12)15-2)8-16-6-7-17(3,13)14/h9,11H,4-8H2,1-3H3. The van der Waals surface area contributed by atoms with Gasteiger partial charge in [0.2, 0.25) is 0 Å². The van der Waals surface area contributed by atoms with Crippen molar-refractivity contribution in [1.82, 2.24) is 5.32 Å². The summed E-state index contributed by atoms with van der Waals surface area (Å²) in [5, 5.41) is 3.07. The van der Waals surface area contributed by atoms with E-state index in [-0.39, 0.29) is 17.8 Å². The monoisotopic (exact) mass is 283 g/mol. The summed E-state index contributed by atoms with van der Waals surface area (Å²) in [5.74, 6) is 0.868. The van der Waals surface area contributed by atoms with E-state index in [1.807, 2.05) is 6.92 Å². The van der Waals surface area contributed by atoms with Gasteiger partial charge in [-0.05, 0) is 13.0 Å². The third-order valence-corrected chi connectivity index (χ3v) is 4.28. The third kappa shape index (κ3) is 9.43. The van der Waals surface area contributed by atoms with Gasteiger partial charge in [-0.15, -0.1) is 0 Å². The molecule has 0 aliphatic heterocycles. The van der Waals surface area contributed by atoms with Gasteiger partial charge in [-0.3, -0.25) is 4.79 Å². The van der Waals surface area contributed by atoms with Crippen LogP contribution in [0.2, 0.25) is 0 Å². The summed E-state index contributed by atoms with van der Waals surface area (Å²) in [6.45, 7) is 2.75. The van der Waals surface area contributed by atoms with Gasteiger partial charge in [0, 0.05) is 17.8 Å². The van der Waals surface area contributed by atoms with Crippen molar-refractivity contribution in [3.63, 3.8) is 0 Å². The predicted octanol–water partition coefficient (Wildman–Crippen LogP) is 0.305. The minimum absolute atomic E-state index is 0.138. The lowest BCUT2D eigenvalue weighted by molar-refractivity contribution is -0.142. The van der Waals surface area contributed by atoms with E-state index in [4.69, 9.17) is 0 Å². The molecule has 0 aromatic heterocycles. The molecule has 17 heavy (non-hydrogen) atoms. The second-order valence-electron chi connectivity index (χ2n) is 3.73. The number of carbonyl (C=O) groups excluding carboxylic acids is 1. The number of esters is 1. The molecule has 1 N–H and O–H groups in total. The molecule has 0 heterocycles. The van der Waals surface area contributed by atoms with E-state index >= 15 is 0 Å². The number of carbonyl (C=O) groups is 1. The van der Waals surface area contributed by atoms with Gasteiger partial charge >= 0.3 is 5.97 Å². The number of hydrogen-bond donors (Lipinski definition) is 1. The smallest absolute Gasteiger partial charge is 0.323 e. The van der Waals surface area contributed by atoms with Crippen molar-refractivity contribution in [3.8, 4) is 0 Å². The first-order valence-electron chi connectivity index (χ1n) is 5.47. The first kappa shape index (κ1) is 16.7. The summed E-state index contributed by atoms with van der Waals surface area (Å²) in [6, 6.07) is -0.357. The summed E-state index contributed by atoms with van der Waals surface area (Å²) in [5.41, 5.74) is 0. The molecule has 0 rings (SSSR count). The average molecular weight is 283 g/mol. The van der Waals surface area contributed by atoms with Crippen LogP contribution in [0.15, 0.2) is 0 Å². The highest BCUT2D eigenvalue weighted by molar-refractivity contribution is 8.00. The Kier molecular flexibility index (Phi) is 8.63. The van der Waals surface area contributed by atoms with Crippen molar-refractivity contribution >= 4 is 27.6 Å². The maximum absolute atomic E-state index is 11.4. The van der Waals surface area contributed by atoms with Crippen LogP contribution < -0.4 is 5.32 Å². The van der Waals surface area contributed by atoms with E-state index in [2.05, 4.69) is 10.1 Å². The summed E-state index contributed by atoms with van der Waals surface area (Å²) < 4.78 is 26.5. The zero-order valence-corrected chi connectivity index (χ0v) is 12.2. The Balaban J connectivity index is 3.95. The van der Waals surface area contributed by atoms with Crippen molar-refractivity contribution in [1.29, 1.82) is 0 Å². The third-order valence-electron chi connectivity index (χ3n) is 2.01. The summed E-state index contributed by atoms with van der Waals surface area (Å²) in [7, 11) is -1.57. The van der Waals surface area contributed by atoms with Crippen LogP contribution in [0.3, 0.4) is 0 Å². The van der Waals surface area contributed by atoms with E-state index in [9.17, 15) is 13.2 Å². The Morgan fingerprint density at radius 3 is 2.59 bits per heavy atom. The molecule has 0 spiro atoms. The van der Waals surface area contributed by atoms with Crippen LogP contribution in [0.4, 0.5) is 0 Å². The molecular weight excluding hydrogens is 262 g/mol. The molecule has 0 aromatic rings. The van der Waals surface area contributed by atoms with Gasteiger partial charge < -0.3 is 10.1 Å². The van der Waals surface area contributed by atoms with Crippen molar-refractivity contribution < 1.29 is 17.9 Å². The molecular formula is C10H21NO4S2. The van der Waals surface area contributed by atoms with Crippen LogP contribution in [0.5, 0.6) is 0 Å². The number of thioether (sulfide) groups is 1. The lowest BCUT2D eigenvalue weighted by Crippen LogP contribution is -2.40. The zero-order chi connectivity index (χ0) is 13.3. The normalized spacial score (nSPS) is 13.4. The molecule has 0 aliphatic rings. The molecule has 102 valence electrons. The Labute approximate surface area is 108 Å². The van der Waals surface area contributed by atoms with Crippen LogP contribution in [0.1, 0.15) is 13.3 Å². The molecule has 1 unspecified atom stereocenters. The zero-order valence-electron chi connectivity index (χ0n) is 10.6. The van der Waals surface area contributed by atoms with Crippen LogP contribution >= 0.6 is 11.8 Å². The molecule has 0 amide bonds. The van der Waals surface area contributed by atoms with E-state index in [1.165, 1.54) is 25.1 Å². The van der Waals surface area contributed by atoms with Gasteiger partial charge in [-0.2, -0.15) is 11.8 Å². The fourth-order valence-electron chi connectivity index (χ4n) is 1.08. The molecule has 0 radical (unpaired) electrons. The van der Waals surface area contributed by atoms with Gasteiger partial charge in [-0.1, -0.05) is 6.92 Å². The first-order valence-corrected chi connectivity index (χ1v) is 8.69. The number of methoxy groups -OCH3 is 1. The fraction of sp³-hybridized carbons (Fsp3) is 0.900. The van der Waals surface area contributed by atoms with Gasteiger partial charge in [0.25, 0.3) is 0 Å². The van der Waals surface area contributed by atoms with E-state index in [1.54, 1.807) is 0 Å². The number of ether oxygens (including phenoxy) is 1. The average Bonchev–Trinajstić information content (AvgIpc) is 2.25. The van der Waals surface area contributed by atoms with E-state index in [0.717, 1.165) is 13.0 Å². The van der Waals surface area contributed by atoms with Crippen LogP contribution in [0.25, 0.3) is 0 Å². The molecule has 0 bridgehead atoms. The predicted molar refractivity (Wildman–Crippen MR) is 71.1 cm³/mol. The quantitative estimate of drug-likeness (QED) is 0.485. The number of sulfone groups is 1. The largest absolute Gasteiger partial charge is 0.468 e. The van der Waals surface area contributed by atoms with Crippen LogP contribution in [0, 0.1) is 0 Å². The van der Waals surface area contributed by atoms with E-state index < -0.39 is 9.84 Å². The van der Waals surface area contributed by atoms with Crippen molar-refractivity contribution in [2.45, 2.75) is 19.4 Å². The fourth-order valence-corrected chi connectivity index (χ4v) is 3.42. The molecule has 5 nitrogen and oxygen atoms in total. The highest BCUT2D eigenvalue weighted by atomic mass is 32.2. The Hall–Kier alpha value is -0.270. The van der Waals surface area contributed by atoms with Gasteiger partial charge in [-0.25, -0.2) is 8.42 Å². The molecule has 1 atom stereocenters. The van der Waals surface area contributed by atoms with E-state index in [0.29, 0.717) is 11.5 Å². The highest BCUT2D eigenvalue weighted by Gasteiger charge is 2.18. The Bertz CT molecular complexity index is 316. The molecule has 0 fully saturated rings. The maximum atomic E-state index is 11.4. The minimum atomic E-state index is -2.92. The second-order valence-corrected chi connectivity index (χ2v) is 7.14. The Morgan fingerprint density at radius 2 is 2.12 bits per heavy atom. The van der Waals surface area contributed by atoms with Crippen LogP contribution in [-0.2, 0) is 19.4 Å². The second kappa shape index (κ2) is 8.77. The van der Waals surface area contributed by atoms with Crippen molar-refractivity contribution in [2.24, 2.45) is 0 Å². The lowest BCUT2D eigenvalue weighted by atomic mass is 10.3. The SMILES string of the molecule is CCCNC(CSCCS(C)(=O)=O)C(=O)OC. The summed E-state index contributed by atoms with van der Waals surface area (Å²) in [6.07, 6.45) is 2.14. The molecule has 0 aromatic carbocycles.